The maximum atomic E-state index is 11.0. The number of amides is 1. The van der Waals surface area contributed by atoms with Crippen molar-refractivity contribution in [3.05, 3.63) is 24.3 Å². The van der Waals surface area contributed by atoms with Gasteiger partial charge in [0.25, 0.3) is 0 Å². The number of carbonyl (C=O) groups is 1. The van der Waals surface area contributed by atoms with Gasteiger partial charge in [0, 0.05) is 31.4 Å². The normalized spacial score (nSPS) is 19.0. The molecule has 0 radical (unpaired) electrons. The molecule has 0 aliphatic carbocycles. The summed E-state index contributed by atoms with van der Waals surface area (Å²) in [6.45, 7) is 1.87. The molecule has 2 heterocycles. The van der Waals surface area contributed by atoms with Gasteiger partial charge in [-0.1, -0.05) is 23.9 Å². The third-order valence-electron chi connectivity index (χ3n) is 3.60. The summed E-state index contributed by atoms with van der Waals surface area (Å²) in [5, 5.41) is 13.3. The average Bonchev–Trinajstić information content (AvgIpc) is 2.90. The third-order valence-corrected chi connectivity index (χ3v) is 4.51. The van der Waals surface area contributed by atoms with E-state index in [4.69, 9.17) is 5.11 Å². The lowest BCUT2D eigenvalue weighted by molar-refractivity contribution is 0.128. The Bertz CT molecular complexity index is 597. The van der Waals surface area contributed by atoms with E-state index in [9.17, 15) is 4.79 Å². The number of hydrogen-bond acceptors (Lipinski definition) is 4. The van der Waals surface area contributed by atoms with E-state index in [1.165, 1.54) is 4.90 Å². The lowest BCUT2D eigenvalue weighted by atomic mass is 10.2. The highest BCUT2D eigenvalue weighted by Crippen LogP contribution is 2.20. The van der Waals surface area contributed by atoms with Crippen LogP contribution >= 0.6 is 11.8 Å². The maximum absolute atomic E-state index is 11.0. The van der Waals surface area contributed by atoms with Crippen molar-refractivity contribution >= 4 is 28.9 Å². The smallest absolute Gasteiger partial charge is 0.407 e. The molecule has 2 aromatic rings. The molecule has 0 saturated carbocycles. The van der Waals surface area contributed by atoms with E-state index >= 15 is 0 Å². The second kappa shape index (κ2) is 6.36. The van der Waals surface area contributed by atoms with Crippen molar-refractivity contribution in [2.24, 2.45) is 0 Å². The Hall–Kier alpha value is -1.73. The first kappa shape index (κ1) is 14.2. The summed E-state index contributed by atoms with van der Waals surface area (Å²) in [6, 6.07) is 8.20. The molecule has 1 fully saturated rings. The van der Waals surface area contributed by atoms with Crippen LogP contribution in [0.5, 0.6) is 0 Å². The Morgan fingerprint density at radius 1 is 1.48 bits per heavy atom. The Kier molecular flexibility index (Phi) is 4.31. The number of aromatic amines is 1. The van der Waals surface area contributed by atoms with Gasteiger partial charge in [-0.2, -0.15) is 0 Å². The van der Waals surface area contributed by atoms with Crippen LogP contribution in [-0.4, -0.2) is 57.5 Å². The van der Waals surface area contributed by atoms with Crippen LogP contribution in [0.1, 0.15) is 6.42 Å². The second-order valence-corrected chi connectivity index (χ2v) is 6.16. The molecule has 21 heavy (non-hydrogen) atoms. The second-order valence-electron chi connectivity index (χ2n) is 5.08. The molecule has 112 valence electrons. The van der Waals surface area contributed by atoms with Gasteiger partial charge in [-0.15, -0.1) is 0 Å². The van der Waals surface area contributed by atoms with E-state index in [0.717, 1.165) is 34.9 Å². The molecule has 6 nitrogen and oxygen atoms in total. The molecule has 3 N–H and O–H groups in total. The number of fused-ring (bicyclic) bond motifs is 1. The number of nitrogens with zero attached hydrogens (tertiary/aromatic N) is 2. The number of H-pyrrole nitrogens is 1. The van der Waals surface area contributed by atoms with Gasteiger partial charge in [-0.3, -0.25) is 0 Å². The van der Waals surface area contributed by atoms with Crippen LogP contribution in [0.25, 0.3) is 11.0 Å². The number of rotatable bonds is 4. The molecule has 1 saturated heterocycles. The van der Waals surface area contributed by atoms with Crippen LogP contribution < -0.4 is 5.32 Å². The summed E-state index contributed by atoms with van der Waals surface area (Å²) in [5.74, 6) is 0.908. The molecule has 1 atom stereocenters. The molecule has 0 bridgehead atoms. The highest BCUT2D eigenvalue weighted by atomic mass is 32.2. The zero-order valence-electron chi connectivity index (χ0n) is 11.6. The number of imidazole rings is 1. The molecule has 1 aromatic carbocycles. The predicted octanol–water partition coefficient (Wildman–Crippen LogP) is 2.00. The summed E-state index contributed by atoms with van der Waals surface area (Å²) in [6.07, 6.45) is 0.0947. The van der Waals surface area contributed by atoms with Gasteiger partial charge < -0.3 is 20.3 Å². The minimum absolute atomic E-state index is 0.228. The first-order valence-corrected chi connectivity index (χ1v) is 8.00. The molecule has 1 aromatic heterocycles. The summed E-state index contributed by atoms with van der Waals surface area (Å²) < 4.78 is 0. The molecular formula is C14H18N4O2S. The van der Waals surface area contributed by atoms with E-state index < -0.39 is 6.09 Å². The van der Waals surface area contributed by atoms with Crippen LogP contribution in [0.4, 0.5) is 4.79 Å². The van der Waals surface area contributed by atoms with E-state index in [0.29, 0.717) is 13.1 Å². The van der Waals surface area contributed by atoms with Gasteiger partial charge in [0.2, 0.25) is 0 Å². The van der Waals surface area contributed by atoms with E-state index in [2.05, 4.69) is 15.3 Å². The van der Waals surface area contributed by atoms with E-state index in [1.807, 2.05) is 24.3 Å². The Morgan fingerprint density at radius 3 is 3.14 bits per heavy atom. The minimum Gasteiger partial charge on any atom is -0.465 e. The number of carboxylic acid groups (broad SMARTS) is 1. The molecule has 1 aliphatic heterocycles. The zero-order valence-corrected chi connectivity index (χ0v) is 12.4. The van der Waals surface area contributed by atoms with E-state index in [1.54, 1.807) is 11.8 Å². The summed E-state index contributed by atoms with van der Waals surface area (Å²) >= 11 is 1.68. The number of piperazine rings is 1. The highest BCUT2D eigenvalue weighted by molar-refractivity contribution is 7.99. The van der Waals surface area contributed by atoms with Crippen LogP contribution in [0.15, 0.2) is 29.4 Å². The molecule has 7 heteroatoms. The van der Waals surface area contributed by atoms with Gasteiger partial charge in [0.05, 0.1) is 11.0 Å². The van der Waals surface area contributed by atoms with Gasteiger partial charge in [0.15, 0.2) is 5.16 Å². The van der Waals surface area contributed by atoms with E-state index in [-0.39, 0.29) is 6.04 Å². The highest BCUT2D eigenvalue weighted by Gasteiger charge is 2.22. The van der Waals surface area contributed by atoms with Crippen molar-refractivity contribution in [1.29, 1.82) is 0 Å². The lowest BCUT2D eigenvalue weighted by Gasteiger charge is -2.31. The predicted molar refractivity (Wildman–Crippen MR) is 82.8 cm³/mol. The Balaban J connectivity index is 1.50. The molecule has 0 spiro atoms. The quantitative estimate of drug-likeness (QED) is 0.753. The van der Waals surface area contributed by atoms with Crippen molar-refractivity contribution in [2.75, 3.05) is 25.4 Å². The van der Waals surface area contributed by atoms with Crippen molar-refractivity contribution in [3.63, 3.8) is 0 Å². The molecule has 1 aliphatic rings. The number of hydrogen-bond donors (Lipinski definition) is 3. The fourth-order valence-electron chi connectivity index (χ4n) is 2.49. The molecule has 0 unspecified atom stereocenters. The SMILES string of the molecule is O=C(O)N1CCN[C@H](CCSc2nc3ccccc3[nH]2)C1. The van der Waals surface area contributed by atoms with Gasteiger partial charge in [-0.05, 0) is 18.6 Å². The van der Waals surface area contributed by atoms with Crippen molar-refractivity contribution in [3.8, 4) is 0 Å². The Labute approximate surface area is 126 Å². The largest absolute Gasteiger partial charge is 0.465 e. The molecule has 1 amide bonds. The van der Waals surface area contributed by atoms with Crippen LogP contribution in [0.3, 0.4) is 0 Å². The van der Waals surface area contributed by atoms with Crippen LogP contribution in [0, 0.1) is 0 Å². The van der Waals surface area contributed by atoms with Crippen molar-refractivity contribution < 1.29 is 9.90 Å². The average molecular weight is 306 g/mol. The third kappa shape index (κ3) is 3.48. The first-order chi connectivity index (χ1) is 10.2. The van der Waals surface area contributed by atoms with Crippen molar-refractivity contribution in [2.45, 2.75) is 17.6 Å². The standard InChI is InChI=1S/C14H18N4O2S/c19-14(20)18-7-6-15-10(9-18)5-8-21-13-16-11-3-1-2-4-12(11)17-13/h1-4,10,15H,5-9H2,(H,16,17)(H,19,20)/t10-/m1/s1. The zero-order chi connectivity index (χ0) is 14.7. The lowest BCUT2D eigenvalue weighted by Crippen LogP contribution is -2.52. The number of benzene rings is 1. The molecular weight excluding hydrogens is 288 g/mol. The van der Waals surface area contributed by atoms with Crippen molar-refractivity contribution in [1.82, 2.24) is 20.2 Å². The minimum atomic E-state index is -0.827. The van der Waals surface area contributed by atoms with Crippen LogP contribution in [0.2, 0.25) is 0 Å². The Morgan fingerprint density at radius 2 is 2.33 bits per heavy atom. The fraction of sp³-hybridized carbons (Fsp3) is 0.429. The fourth-order valence-corrected chi connectivity index (χ4v) is 3.43. The van der Waals surface area contributed by atoms with Crippen LogP contribution in [-0.2, 0) is 0 Å². The summed E-state index contributed by atoms with van der Waals surface area (Å²) in [4.78, 5) is 20.3. The summed E-state index contributed by atoms with van der Waals surface area (Å²) in [5.41, 5.74) is 2.03. The topological polar surface area (TPSA) is 81.2 Å². The number of nitrogens with one attached hydrogen (secondary N) is 2. The summed E-state index contributed by atoms with van der Waals surface area (Å²) in [7, 11) is 0. The molecule has 3 rings (SSSR count). The number of aromatic nitrogens is 2. The number of thioether (sulfide) groups is 1. The first-order valence-electron chi connectivity index (χ1n) is 7.01. The van der Waals surface area contributed by atoms with Gasteiger partial charge in [0.1, 0.15) is 0 Å². The maximum Gasteiger partial charge on any atom is 0.407 e. The van der Waals surface area contributed by atoms with Gasteiger partial charge >= 0.3 is 6.09 Å². The monoisotopic (exact) mass is 306 g/mol. The van der Waals surface area contributed by atoms with Gasteiger partial charge in [-0.25, -0.2) is 9.78 Å². The number of para-hydroxylation sites is 2.